The Morgan fingerprint density at radius 3 is 1.38 bits per heavy atom. The fraction of sp³-hybridized carbons (Fsp3) is 0.667. The summed E-state index contributed by atoms with van der Waals surface area (Å²) in [6, 6.07) is 0. The number of ether oxygens (including phenoxy) is 2. The average molecular weight is 336 g/mol. The van der Waals surface area contributed by atoms with E-state index in [2.05, 4.69) is 9.80 Å². The number of aromatic hydroxyl groups is 2. The summed E-state index contributed by atoms with van der Waals surface area (Å²) in [6.45, 7) is 11.3. The lowest BCUT2D eigenvalue weighted by Crippen LogP contribution is -2.37. The summed E-state index contributed by atoms with van der Waals surface area (Å²) in [5.41, 5.74) is 3.23. The first-order chi connectivity index (χ1) is 11.6. The van der Waals surface area contributed by atoms with Crippen LogP contribution >= 0.6 is 0 Å². The molecule has 0 aliphatic carbocycles. The van der Waals surface area contributed by atoms with Crippen molar-refractivity contribution in [1.82, 2.24) is 9.80 Å². The van der Waals surface area contributed by atoms with Gasteiger partial charge in [0.25, 0.3) is 0 Å². The molecule has 2 aliphatic heterocycles. The van der Waals surface area contributed by atoms with Gasteiger partial charge in [-0.2, -0.15) is 0 Å². The zero-order valence-corrected chi connectivity index (χ0v) is 14.7. The van der Waals surface area contributed by atoms with Gasteiger partial charge in [-0.3, -0.25) is 9.80 Å². The fourth-order valence-corrected chi connectivity index (χ4v) is 3.40. The van der Waals surface area contributed by atoms with Gasteiger partial charge in [0, 0.05) is 50.4 Å². The van der Waals surface area contributed by atoms with Crippen molar-refractivity contribution in [2.45, 2.75) is 26.9 Å². The van der Waals surface area contributed by atoms with Gasteiger partial charge >= 0.3 is 0 Å². The Hall–Kier alpha value is -1.34. The first kappa shape index (κ1) is 17.5. The summed E-state index contributed by atoms with van der Waals surface area (Å²) < 4.78 is 10.8. The van der Waals surface area contributed by atoms with Crippen molar-refractivity contribution in [2.75, 3.05) is 52.6 Å². The second kappa shape index (κ2) is 7.70. The zero-order chi connectivity index (χ0) is 17.1. The number of benzene rings is 1. The Morgan fingerprint density at radius 2 is 1.04 bits per heavy atom. The molecule has 0 saturated carbocycles. The molecule has 134 valence electrons. The van der Waals surface area contributed by atoms with Crippen LogP contribution in [0.2, 0.25) is 0 Å². The average Bonchev–Trinajstić information content (AvgIpc) is 2.63. The highest BCUT2D eigenvalue weighted by molar-refractivity contribution is 5.57. The molecule has 3 rings (SSSR count). The summed E-state index contributed by atoms with van der Waals surface area (Å²) in [4.78, 5) is 4.55. The van der Waals surface area contributed by atoms with E-state index < -0.39 is 0 Å². The Kier molecular flexibility index (Phi) is 5.61. The lowest BCUT2D eigenvalue weighted by atomic mass is 9.95. The highest BCUT2D eigenvalue weighted by atomic mass is 16.5. The molecule has 0 unspecified atom stereocenters. The van der Waals surface area contributed by atoms with Crippen LogP contribution in [0, 0.1) is 13.8 Å². The third kappa shape index (κ3) is 3.67. The smallest absolute Gasteiger partial charge is 0.123 e. The maximum atomic E-state index is 10.7. The summed E-state index contributed by atoms with van der Waals surface area (Å²) in [7, 11) is 0. The van der Waals surface area contributed by atoms with Crippen LogP contribution in [-0.2, 0) is 22.6 Å². The van der Waals surface area contributed by atoms with Crippen molar-refractivity contribution in [3.63, 3.8) is 0 Å². The Bertz CT molecular complexity index is 528. The van der Waals surface area contributed by atoms with E-state index in [1.54, 1.807) is 0 Å². The van der Waals surface area contributed by atoms with E-state index >= 15 is 0 Å². The molecule has 24 heavy (non-hydrogen) atoms. The Labute approximate surface area is 143 Å². The van der Waals surface area contributed by atoms with E-state index in [0.717, 1.165) is 74.9 Å². The molecule has 0 spiro atoms. The van der Waals surface area contributed by atoms with Crippen molar-refractivity contribution in [3.8, 4) is 11.5 Å². The van der Waals surface area contributed by atoms with Crippen LogP contribution < -0.4 is 0 Å². The van der Waals surface area contributed by atoms with E-state index in [1.165, 1.54) is 0 Å². The summed E-state index contributed by atoms with van der Waals surface area (Å²) in [6.07, 6.45) is 0. The third-order valence-corrected chi connectivity index (χ3v) is 5.18. The summed E-state index contributed by atoms with van der Waals surface area (Å²) in [5.74, 6) is 0.639. The lowest BCUT2D eigenvalue weighted by Gasteiger charge is -2.31. The maximum Gasteiger partial charge on any atom is 0.123 e. The van der Waals surface area contributed by atoms with Crippen LogP contribution in [0.5, 0.6) is 11.5 Å². The molecule has 6 nitrogen and oxygen atoms in total. The van der Waals surface area contributed by atoms with Gasteiger partial charge in [0.1, 0.15) is 11.5 Å². The van der Waals surface area contributed by atoms with Crippen LogP contribution in [0.3, 0.4) is 0 Å². The lowest BCUT2D eigenvalue weighted by molar-refractivity contribution is 0.0304. The number of hydrogen-bond acceptors (Lipinski definition) is 6. The predicted octanol–water partition coefficient (Wildman–Crippen LogP) is 1.38. The largest absolute Gasteiger partial charge is 0.507 e. The molecule has 0 aromatic heterocycles. The van der Waals surface area contributed by atoms with E-state index in [9.17, 15) is 10.2 Å². The highest BCUT2D eigenvalue weighted by Gasteiger charge is 2.24. The molecule has 0 atom stereocenters. The van der Waals surface area contributed by atoms with Crippen molar-refractivity contribution in [1.29, 1.82) is 0 Å². The maximum absolute atomic E-state index is 10.7. The van der Waals surface area contributed by atoms with Gasteiger partial charge in [0.2, 0.25) is 0 Å². The van der Waals surface area contributed by atoms with Crippen LogP contribution in [0.1, 0.15) is 22.3 Å². The van der Waals surface area contributed by atoms with Crippen molar-refractivity contribution < 1.29 is 19.7 Å². The molecule has 0 radical (unpaired) electrons. The molecule has 6 heteroatoms. The van der Waals surface area contributed by atoms with Gasteiger partial charge < -0.3 is 19.7 Å². The van der Waals surface area contributed by atoms with Crippen LogP contribution in [-0.4, -0.2) is 72.6 Å². The van der Waals surface area contributed by atoms with E-state index in [-0.39, 0.29) is 0 Å². The summed E-state index contributed by atoms with van der Waals surface area (Å²) in [5, 5.41) is 21.5. The van der Waals surface area contributed by atoms with Crippen molar-refractivity contribution in [3.05, 3.63) is 22.3 Å². The number of rotatable bonds is 4. The van der Waals surface area contributed by atoms with Gasteiger partial charge in [0.15, 0.2) is 0 Å². The monoisotopic (exact) mass is 336 g/mol. The van der Waals surface area contributed by atoms with Crippen molar-refractivity contribution >= 4 is 0 Å². The molecule has 2 fully saturated rings. The van der Waals surface area contributed by atoms with Gasteiger partial charge in [0.05, 0.1) is 26.4 Å². The second-order valence-corrected chi connectivity index (χ2v) is 6.68. The highest BCUT2D eigenvalue weighted by Crippen LogP contribution is 2.38. The topological polar surface area (TPSA) is 65.4 Å². The van der Waals surface area contributed by atoms with Crippen LogP contribution in [0.15, 0.2) is 0 Å². The van der Waals surface area contributed by atoms with E-state index in [1.807, 2.05) is 13.8 Å². The van der Waals surface area contributed by atoms with Crippen LogP contribution in [0.25, 0.3) is 0 Å². The number of phenols is 2. The number of morpholine rings is 2. The van der Waals surface area contributed by atoms with Crippen LogP contribution in [0.4, 0.5) is 0 Å². The normalized spacial score (nSPS) is 20.4. The second-order valence-electron chi connectivity index (χ2n) is 6.68. The first-order valence-corrected chi connectivity index (χ1v) is 8.71. The van der Waals surface area contributed by atoms with E-state index in [0.29, 0.717) is 24.6 Å². The Morgan fingerprint density at radius 1 is 0.708 bits per heavy atom. The molecular formula is C18H28N2O4. The first-order valence-electron chi connectivity index (χ1n) is 8.71. The molecule has 2 N–H and O–H groups in total. The molecule has 1 aromatic rings. The number of nitrogens with zero attached hydrogens (tertiary/aromatic N) is 2. The van der Waals surface area contributed by atoms with Gasteiger partial charge in [-0.25, -0.2) is 0 Å². The molecule has 0 amide bonds. The number of phenolic OH excluding ortho intramolecular Hbond substituents is 2. The molecule has 2 saturated heterocycles. The molecule has 2 heterocycles. The third-order valence-electron chi connectivity index (χ3n) is 5.18. The number of hydrogen-bond donors (Lipinski definition) is 2. The molecule has 2 aliphatic rings. The quantitative estimate of drug-likeness (QED) is 0.810. The van der Waals surface area contributed by atoms with Crippen molar-refractivity contribution in [2.24, 2.45) is 0 Å². The molecule has 0 bridgehead atoms. The SMILES string of the molecule is Cc1c(C)c(O)c(CN2CCOCC2)c(CN2CCOCC2)c1O. The van der Waals surface area contributed by atoms with Gasteiger partial charge in [-0.05, 0) is 25.0 Å². The zero-order valence-electron chi connectivity index (χ0n) is 14.7. The standard InChI is InChI=1S/C18H28N2O4/c1-13-14(2)18(22)16(12-20-5-9-24-10-6-20)15(17(13)21)11-19-3-7-23-8-4-19/h21-22H,3-12H2,1-2H3. The minimum Gasteiger partial charge on any atom is -0.507 e. The summed E-state index contributed by atoms with van der Waals surface area (Å²) >= 11 is 0. The fourth-order valence-electron chi connectivity index (χ4n) is 3.40. The predicted molar refractivity (Wildman–Crippen MR) is 91.4 cm³/mol. The van der Waals surface area contributed by atoms with E-state index in [4.69, 9.17) is 9.47 Å². The minimum atomic E-state index is 0.319. The molecule has 1 aromatic carbocycles. The van der Waals surface area contributed by atoms with Gasteiger partial charge in [-0.15, -0.1) is 0 Å². The molecular weight excluding hydrogens is 308 g/mol. The Balaban J connectivity index is 1.90. The minimum absolute atomic E-state index is 0.319. The van der Waals surface area contributed by atoms with Gasteiger partial charge in [-0.1, -0.05) is 0 Å².